The molecule has 7 nitrogen and oxygen atoms in total. The zero-order valence-electron chi connectivity index (χ0n) is 17.4. The first kappa shape index (κ1) is 21.7. The van der Waals surface area contributed by atoms with Gasteiger partial charge in [-0.3, -0.25) is 4.79 Å². The summed E-state index contributed by atoms with van der Waals surface area (Å²) in [5.41, 5.74) is 1.90. The van der Waals surface area contributed by atoms with Gasteiger partial charge in [0, 0.05) is 16.8 Å². The molecule has 2 N–H and O–H groups in total. The van der Waals surface area contributed by atoms with Gasteiger partial charge in [0.15, 0.2) is 6.61 Å². The van der Waals surface area contributed by atoms with Crippen molar-refractivity contribution in [3.8, 4) is 17.0 Å². The maximum atomic E-state index is 12.4. The minimum atomic E-state index is -0.482. The lowest BCUT2D eigenvalue weighted by atomic mass is 10.1. The molecule has 0 saturated carbocycles. The second-order valence-corrected chi connectivity index (χ2v) is 8.39. The molecule has 1 amide bonds. The lowest BCUT2D eigenvalue weighted by Gasteiger charge is -2.16. The van der Waals surface area contributed by atoms with Crippen molar-refractivity contribution in [1.82, 2.24) is 10.3 Å². The Balaban J connectivity index is 1.40. The van der Waals surface area contributed by atoms with Gasteiger partial charge in [-0.1, -0.05) is 30.3 Å². The van der Waals surface area contributed by atoms with E-state index in [-0.39, 0.29) is 19.1 Å². The smallest absolute Gasteiger partial charge is 0.345 e. The first-order valence-electron chi connectivity index (χ1n) is 10.1. The third-order valence-electron chi connectivity index (χ3n) is 4.88. The van der Waals surface area contributed by atoms with Crippen molar-refractivity contribution in [2.45, 2.75) is 19.4 Å². The van der Waals surface area contributed by atoms with E-state index in [0.29, 0.717) is 29.0 Å². The Kier molecular flexibility index (Phi) is 6.63. The van der Waals surface area contributed by atoms with Crippen molar-refractivity contribution in [1.29, 1.82) is 0 Å². The molecule has 0 aliphatic heterocycles. The number of aryl methyl sites for hydroxylation is 1. The van der Waals surface area contributed by atoms with Gasteiger partial charge in [-0.15, -0.1) is 11.3 Å². The standard InChI is InChI=1S/C24H22N2O5S/c1-15-25-21(14-32-15)20-10-17-7-8-19(11-22(17)31-24(20)29)30-13-23(28)26-18(12-27)9-16-5-3-2-4-6-16/h2-8,10-11,14,18,27H,9,12-13H2,1H3,(H,26,28). The number of ether oxygens (including phenoxy) is 1. The molecular formula is C24H22N2O5S. The number of benzene rings is 2. The molecule has 0 saturated heterocycles. The van der Waals surface area contributed by atoms with E-state index < -0.39 is 11.7 Å². The Morgan fingerprint density at radius 1 is 1.22 bits per heavy atom. The number of nitrogens with zero attached hydrogens (tertiary/aromatic N) is 1. The molecule has 2 heterocycles. The van der Waals surface area contributed by atoms with Crippen LogP contribution in [0.15, 0.2) is 69.2 Å². The van der Waals surface area contributed by atoms with Crippen LogP contribution in [0.25, 0.3) is 22.2 Å². The third kappa shape index (κ3) is 5.22. The lowest BCUT2D eigenvalue weighted by molar-refractivity contribution is -0.124. The Hall–Kier alpha value is -3.49. The molecule has 32 heavy (non-hydrogen) atoms. The van der Waals surface area contributed by atoms with E-state index in [9.17, 15) is 14.7 Å². The fraction of sp³-hybridized carbons (Fsp3) is 0.208. The van der Waals surface area contributed by atoms with Crippen molar-refractivity contribution in [3.05, 3.63) is 81.0 Å². The Morgan fingerprint density at radius 2 is 2.03 bits per heavy atom. The number of carbonyl (C=O) groups is 1. The number of hydrogen-bond donors (Lipinski definition) is 2. The van der Waals surface area contributed by atoms with Gasteiger partial charge in [0.1, 0.15) is 11.3 Å². The number of aromatic nitrogens is 1. The molecule has 0 bridgehead atoms. The van der Waals surface area contributed by atoms with Crippen molar-refractivity contribution >= 4 is 28.2 Å². The highest BCUT2D eigenvalue weighted by atomic mass is 32.1. The molecule has 0 aliphatic rings. The molecule has 0 aliphatic carbocycles. The quantitative estimate of drug-likeness (QED) is 0.399. The van der Waals surface area contributed by atoms with Gasteiger partial charge >= 0.3 is 5.63 Å². The second-order valence-electron chi connectivity index (χ2n) is 7.32. The fourth-order valence-electron chi connectivity index (χ4n) is 3.33. The molecule has 2 aromatic carbocycles. The summed E-state index contributed by atoms with van der Waals surface area (Å²) in [6, 6.07) is 16.0. The molecule has 1 unspecified atom stereocenters. The summed E-state index contributed by atoms with van der Waals surface area (Å²) >= 11 is 1.47. The highest BCUT2D eigenvalue weighted by molar-refractivity contribution is 7.09. The van der Waals surface area contributed by atoms with Gasteiger partial charge in [0.2, 0.25) is 0 Å². The number of aliphatic hydroxyl groups is 1. The molecule has 0 radical (unpaired) electrons. The normalized spacial score (nSPS) is 11.9. The van der Waals surface area contributed by atoms with E-state index in [1.807, 2.05) is 42.6 Å². The van der Waals surface area contributed by atoms with Crippen LogP contribution in [-0.2, 0) is 11.2 Å². The summed E-state index contributed by atoms with van der Waals surface area (Å²) in [6.07, 6.45) is 0.519. The molecule has 4 rings (SSSR count). The molecule has 0 fully saturated rings. The summed E-state index contributed by atoms with van der Waals surface area (Å²) in [7, 11) is 0. The predicted molar refractivity (Wildman–Crippen MR) is 123 cm³/mol. The fourth-order valence-corrected chi connectivity index (χ4v) is 3.94. The SMILES string of the molecule is Cc1nc(-c2cc3ccc(OCC(=O)NC(CO)Cc4ccccc4)cc3oc2=O)cs1. The van der Waals surface area contributed by atoms with E-state index in [2.05, 4.69) is 10.3 Å². The van der Waals surface area contributed by atoms with E-state index in [1.54, 1.807) is 24.3 Å². The molecule has 164 valence electrons. The summed E-state index contributed by atoms with van der Waals surface area (Å²) in [5, 5.41) is 15.8. The van der Waals surface area contributed by atoms with E-state index in [1.165, 1.54) is 11.3 Å². The van der Waals surface area contributed by atoms with Crippen LogP contribution in [0.1, 0.15) is 10.6 Å². The minimum absolute atomic E-state index is 0.178. The number of rotatable bonds is 8. The van der Waals surface area contributed by atoms with Crippen LogP contribution in [-0.4, -0.2) is 35.3 Å². The number of amides is 1. The van der Waals surface area contributed by atoms with Crippen LogP contribution in [0.4, 0.5) is 0 Å². The highest BCUT2D eigenvalue weighted by Gasteiger charge is 2.14. The molecule has 2 aromatic heterocycles. The maximum Gasteiger partial charge on any atom is 0.345 e. The summed E-state index contributed by atoms with van der Waals surface area (Å²) in [6.45, 7) is 1.47. The monoisotopic (exact) mass is 450 g/mol. The van der Waals surface area contributed by atoms with Crippen molar-refractivity contribution in [3.63, 3.8) is 0 Å². The Bertz CT molecular complexity index is 1280. The molecule has 8 heteroatoms. The highest BCUT2D eigenvalue weighted by Crippen LogP contribution is 2.25. The molecule has 4 aromatic rings. The van der Waals surface area contributed by atoms with E-state index >= 15 is 0 Å². The summed E-state index contributed by atoms with van der Waals surface area (Å²) in [4.78, 5) is 29.0. The van der Waals surface area contributed by atoms with Crippen LogP contribution in [0, 0.1) is 6.92 Å². The van der Waals surface area contributed by atoms with Gasteiger partial charge in [-0.25, -0.2) is 9.78 Å². The van der Waals surface area contributed by atoms with Crippen LogP contribution >= 0.6 is 11.3 Å². The number of aliphatic hydroxyl groups excluding tert-OH is 1. The number of hydrogen-bond acceptors (Lipinski definition) is 7. The zero-order valence-corrected chi connectivity index (χ0v) is 18.2. The van der Waals surface area contributed by atoms with Crippen molar-refractivity contribution < 1.29 is 19.1 Å². The van der Waals surface area contributed by atoms with Crippen LogP contribution < -0.4 is 15.7 Å². The Morgan fingerprint density at radius 3 is 2.75 bits per heavy atom. The first-order valence-corrected chi connectivity index (χ1v) is 11.0. The Labute approximate surface area is 188 Å². The zero-order chi connectivity index (χ0) is 22.5. The van der Waals surface area contributed by atoms with Gasteiger partial charge in [-0.05, 0) is 37.1 Å². The maximum absolute atomic E-state index is 12.4. The van der Waals surface area contributed by atoms with Gasteiger partial charge < -0.3 is 19.6 Å². The van der Waals surface area contributed by atoms with Gasteiger partial charge in [0.25, 0.3) is 5.91 Å². The van der Waals surface area contributed by atoms with Gasteiger partial charge in [0.05, 0.1) is 28.9 Å². The van der Waals surface area contributed by atoms with Crippen LogP contribution in [0.2, 0.25) is 0 Å². The minimum Gasteiger partial charge on any atom is -0.484 e. The van der Waals surface area contributed by atoms with Crippen LogP contribution in [0.5, 0.6) is 5.75 Å². The van der Waals surface area contributed by atoms with Crippen LogP contribution in [0.3, 0.4) is 0 Å². The largest absolute Gasteiger partial charge is 0.484 e. The van der Waals surface area contributed by atoms with E-state index in [4.69, 9.17) is 9.15 Å². The lowest BCUT2D eigenvalue weighted by Crippen LogP contribution is -2.41. The number of nitrogens with one attached hydrogen (secondary N) is 1. The number of thiazole rings is 1. The average Bonchev–Trinajstić information content (AvgIpc) is 3.23. The molecule has 0 spiro atoms. The van der Waals surface area contributed by atoms with Crippen molar-refractivity contribution in [2.75, 3.05) is 13.2 Å². The number of carbonyl (C=O) groups excluding carboxylic acids is 1. The predicted octanol–water partition coefficient (Wildman–Crippen LogP) is 3.32. The average molecular weight is 451 g/mol. The third-order valence-corrected chi connectivity index (χ3v) is 5.66. The summed E-state index contributed by atoms with van der Waals surface area (Å²) in [5.74, 6) is 0.0486. The first-order chi connectivity index (χ1) is 15.5. The second kappa shape index (κ2) is 9.76. The number of fused-ring (bicyclic) bond motifs is 1. The molecular weight excluding hydrogens is 428 g/mol. The van der Waals surface area contributed by atoms with Gasteiger partial charge in [-0.2, -0.15) is 0 Å². The van der Waals surface area contributed by atoms with E-state index in [0.717, 1.165) is 16.0 Å². The summed E-state index contributed by atoms with van der Waals surface area (Å²) < 4.78 is 11.0. The molecule has 1 atom stereocenters. The van der Waals surface area contributed by atoms with Crippen molar-refractivity contribution in [2.24, 2.45) is 0 Å². The topological polar surface area (TPSA) is 102 Å².